The Morgan fingerprint density at radius 3 is 2.26 bits per heavy atom. The van der Waals surface area contributed by atoms with Crippen molar-refractivity contribution < 1.29 is 17.9 Å². The Kier molecular flexibility index (Phi) is 6.21. The van der Waals surface area contributed by atoms with Crippen LogP contribution >= 0.6 is 0 Å². The topological polar surface area (TPSA) is 79.3 Å². The van der Waals surface area contributed by atoms with Crippen molar-refractivity contribution in [3.63, 3.8) is 0 Å². The minimum absolute atomic E-state index is 0.0136. The summed E-state index contributed by atoms with van der Waals surface area (Å²) in [5.41, 5.74) is 2.54. The number of likely N-dealkylation sites (tertiary alicyclic amines) is 1. The average Bonchev–Trinajstić information content (AvgIpc) is 3.02. The van der Waals surface area contributed by atoms with Crippen molar-refractivity contribution in [2.75, 3.05) is 39.4 Å². The number of benzene rings is 1. The van der Waals surface area contributed by atoms with Crippen LogP contribution in [0.5, 0.6) is 0 Å². The summed E-state index contributed by atoms with van der Waals surface area (Å²) in [4.78, 5) is 17.0. The molecule has 0 atom stereocenters. The lowest BCUT2D eigenvalue weighted by Gasteiger charge is -2.36. The zero-order valence-electron chi connectivity index (χ0n) is 18.5. The molecular formula is C23H31N3O4S. The Morgan fingerprint density at radius 1 is 1.06 bits per heavy atom. The standard InChI is InChI=1S/C23H31N3O4S/c1-16(2)18-4-6-19(7-5-18)21-17(3)22(24-31(21,28)29)25-10-8-20(9-11-25)23(27)26-12-14-30-15-13-26/h4-7,16,20H,8-15H2,1-3H3. The molecule has 3 heterocycles. The quantitative estimate of drug-likeness (QED) is 0.715. The summed E-state index contributed by atoms with van der Waals surface area (Å²) in [6.07, 6.45) is 1.42. The fourth-order valence-corrected chi connectivity index (χ4v) is 6.07. The number of ether oxygens (including phenoxy) is 1. The molecule has 0 radical (unpaired) electrons. The van der Waals surface area contributed by atoms with Crippen LogP contribution in [0.2, 0.25) is 0 Å². The highest BCUT2D eigenvalue weighted by molar-refractivity contribution is 8.00. The van der Waals surface area contributed by atoms with Crippen LogP contribution in [-0.2, 0) is 19.6 Å². The maximum Gasteiger partial charge on any atom is 0.285 e. The number of rotatable bonds is 3. The van der Waals surface area contributed by atoms with Crippen molar-refractivity contribution in [2.45, 2.75) is 39.5 Å². The molecule has 1 aromatic rings. The fraction of sp³-hybridized carbons (Fsp3) is 0.565. The number of carbonyl (C=O) groups excluding carboxylic acids is 1. The van der Waals surface area contributed by atoms with Crippen LogP contribution in [-0.4, -0.2) is 69.4 Å². The average molecular weight is 446 g/mol. The lowest BCUT2D eigenvalue weighted by atomic mass is 9.94. The molecule has 0 spiro atoms. The third-order valence-electron chi connectivity index (χ3n) is 6.45. The molecule has 7 nitrogen and oxygen atoms in total. The maximum absolute atomic E-state index is 12.9. The van der Waals surface area contributed by atoms with Crippen LogP contribution in [0.4, 0.5) is 0 Å². The fourth-order valence-electron chi connectivity index (χ4n) is 4.58. The molecule has 31 heavy (non-hydrogen) atoms. The molecule has 3 aliphatic rings. The summed E-state index contributed by atoms with van der Waals surface area (Å²) < 4.78 is 35.2. The number of nitrogens with zero attached hydrogens (tertiary/aromatic N) is 3. The highest BCUT2D eigenvalue weighted by atomic mass is 32.2. The van der Waals surface area contributed by atoms with E-state index in [9.17, 15) is 13.2 Å². The minimum atomic E-state index is -3.73. The highest BCUT2D eigenvalue weighted by Crippen LogP contribution is 2.35. The molecule has 0 unspecified atom stereocenters. The van der Waals surface area contributed by atoms with E-state index in [1.54, 1.807) is 0 Å². The molecule has 1 aromatic carbocycles. The van der Waals surface area contributed by atoms with E-state index in [4.69, 9.17) is 4.74 Å². The summed E-state index contributed by atoms with van der Waals surface area (Å²) in [5.74, 6) is 1.10. The van der Waals surface area contributed by atoms with Gasteiger partial charge in [-0.15, -0.1) is 4.40 Å². The maximum atomic E-state index is 12.9. The minimum Gasteiger partial charge on any atom is -0.378 e. The van der Waals surface area contributed by atoms with Crippen molar-refractivity contribution in [1.29, 1.82) is 0 Å². The van der Waals surface area contributed by atoms with Crippen LogP contribution in [0.15, 0.2) is 34.2 Å². The van der Waals surface area contributed by atoms with Crippen molar-refractivity contribution in [2.24, 2.45) is 10.3 Å². The van der Waals surface area contributed by atoms with Gasteiger partial charge in [0.25, 0.3) is 10.0 Å². The van der Waals surface area contributed by atoms with E-state index in [1.165, 1.54) is 5.56 Å². The first-order chi connectivity index (χ1) is 14.8. The van der Waals surface area contributed by atoms with Crippen molar-refractivity contribution in [3.05, 3.63) is 41.0 Å². The SMILES string of the molecule is CC1=C(c2ccc(C(C)C)cc2)S(=O)(=O)N=C1N1CCC(C(=O)N2CCOCC2)CC1. The van der Waals surface area contributed by atoms with E-state index in [0.29, 0.717) is 80.0 Å². The van der Waals surface area contributed by atoms with Gasteiger partial charge in [0.05, 0.1) is 13.2 Å². The largest absolute Gasteiger partial charge is 0.378 e. The Morgan fingerprint density at radius 2 is 1.68 bits per heavy atom. The Hall–Kier alpha value is -2.19. The zero-order chi connectivity index (χ0) is 22.2. The molecule has 2 saturated heterocycles. The van der Waals surface area contributed by atoms with Crippen molar-refractivity contribution >= 4 is 26.7 Å². The molecule has 0 aromatic heterocycles. The second kappa shape index (κ2) is 8.74. The lowest BCUT2D eigenvalue weighted by Crippen LogP contribution is -2.47. The van der Waals surface area contributed by atoms with Gasteiger partial charge in [-0.2, -0.15) is 8.42 Å². The molecule has 0 bridgehead atoms. The van der Waals surface area contributed by atoms with E-state index in [-0.39, 0.29) is 11.8 Å². The summed E-state index contributed by atoms with van der Waals surface area (Å²) in [7, 11) is -3.73. The van der Waals surface area contributed by atoms with Gasteiger partial charge in [-0.05, 0) is 36.8 Å². The Balaban J connectivity index is 1.48. The van der Waals surface area contributed by atoms with E-state index in [1.807, 2.05) is 41.0 Å². The third-order valence-corrected chi connectivity index (χ3v) is 7.92. The number of sulfonamides is 1. The lowest BCUT2D eigenvalue weighted by molar-refractivity contribution is -0.140. The van der Waals surface area contributed by atoms with Crippen LogP contribution in [0.1, 0.15) is 50.7 Å². The van der Waals surface area contributed by atoms with Crippen molar-refractivity contribution in [3.8, 4) is 0 Å². The number of amidine groups is 1. The normalized spacial score (nSPS) is 22.3. The van der Waals surface area contributed by atoms with E-state index in [2.05, 4.69) is 18.2 Å². The van der Waals surface area contributed by atoms with Crippen LogP contribution in [0, 0.1) is 5.92 Å². The summed E-state index contributed by atoms with van der Waals surface area (Å²) in [6, 6.07) is 7.71. The molecule has 3 aliphatic heterocycles. The first-order valence-electron chi connectivity index (χ1n) is 11.1. The summed E-state index contributed by atoms with van der Waals surface area (Å²) in [5, 5.41) is 0. The van der Waals surface area contributed by atoms with Crippen LogP contribution in [0.25, 0.3) is 4.91 Å². The van der Waals surface area contributed by atoms with Gasteiger partial charge in [0, 0.05) is 37.7 Å². The molecule has 8 heteroatoms. The zero-order valence-corrected chi connectivity index (χ0v) is 19.3. The van der Waals surface area contributed by atoms with Crippen LogP contribution < -0.4 is 0 Å². The van der Waals surface area contributed by atoms with Gasteiger partial charge in [0.1, 0.15) is 10.7 Å². The van der Waals surface area contributed by atoms with Crippen molar-refractivity contribution in [1.82, 2.24) is 9.80 Å². The number of morpholine rings is 1. The number of amides is 1. The monoisotopic (exact) mass is 445 g/mol. The van der Waals surface area contributed by atoms with Gasteiger partial charge in [-0.3, -0.25) is 4.79 Å². The van der Waals surface area contributed by atoms with E-state index in [0.717, 1.165) is 0 Å². The molecule has 1 amide bonds. The van der Waals surface area contributed by atoms with Gasteiger partial charge in [-0.1, -0.05) is 38.1 Å². The molecule has 0 aliphatic carbocycles. The van der Waals surface area contributed by atoms with Gasteiger partial charge < -0.3 is 14.5 Å². The number of hydrogen-bond acceptors (Lipinski definition) is 5. The number of hydrogen-bond donors (Lipinski definition) is 0. The predicted molar refractivity (Wildman–Crippen MR) is 121 cm³/mol. The highest BCUT2D eigenvalue weighted by Gasteiger charge is 2.36. The second-order valence-corrected chi connectivity index (χ2v) is 10.4. The smallest absolute Gasteiger partial charge is 0.285 e. The van der Waals surface area contributed by atoms with Gasteiger partial charge >= 0.3 is 0 Å². The molecule has 0 saturated carbocycles. The molecule has 168 valence electrons. The third kappa shape index (κ3) is 4.41. The van der Waals surface area contributed by atoms with Gasteiger partial charge in [0.2, 0.25) is 5.91 Å². The number of carbonyl (C=O) groups is 1. The Labute approximate surface area is 184 Å². The Bertz CT molecular complexity index is 998. The molecule has 0 N–H and O–H groups in total. The molecular weight excluding hydrogens is 414 g/mol. The second-order valence-electron chi connectivity index (χ2n) is 8.82. The van der Waals surface area contributed by atoms with Gasteiger partial charge in [-0.25, -0.2) is 0 Å². The van der Waals surface area contributed by atoms with E-state index >= 15 is 0 Å². The molecule has 2 fully saturated rings. The summed E-state index contributed by atoms with van der Waals surface area (Å²) in [6.45, 7) is 9.84. The first kappa shape index (κ1) is 22.0. The number of piperidine rings is 1. The predicted octanol–water partition coefficient (Wildman–Crippen LogP) is 2.85. The molecule has 4 rings (SSSR count). The van der Waals surface area contributed by atoms with Gasteiger partial charge in [0.15, 0.2) is 0 Å². The summed E-state index contributed by atoms with van der Waals surface area (Å²) >= 11 is 0. The van der Waals surface area contributed by atoms with E-state index < -0.39 is 10.0 Å². The first-order valence-corrected chi connectivity index (χ1v) is 12.5. The van der Waals surface area contributed by atoms with Crippen LogP contribution in [0.3, 0.4) is 0 Å².